The molecule has 4 rings (SSSR count). The van der Waals surface area contributed by atoms with Gasteiger partial charge in [-0.05, 0) is 27.7 Å². The minimum atomic E-state index is -0.804. The summed E-state index contributed by atoms with van der Waals surface area (Å²) in [6.45, 7) is 6.76. The maximum Gasteiger partial charge on any atom is 0.333 e. The Labute approximate surface area is 176 Å². The molecule has 4 aliphatic heterocycles. The van der Waals surface area contributed by atoms with Gasteiger partial charge in [0.2, 0.25) is 18.6 Å². The van der Waals surface area contributed by atoms with Crippen molar-refractivity contribution in [1.29, 1.82) is 0 Å². The first-order valence-corrected chi connectivity index (χ1v) is 11.0. The molecule has 0 aromatic carbocycles. The van der Waals surface area contributed by atoms with Gasteiger partial charge in [-0.25, -0.2) is 9.59 Å². The third-order valence-electron chi connectivity index (χ3n) is 5.81. The number of rotatable bonds is 4. The van der Waals surface area contributed by atoms with Crippen molar-refractivity contribution < 1.29 is 28.7 Å². The van der Waals surface area contributed by atoms with Gasteiger partial charge in [-0.1, -0.05) is 0 Å². The lowest BCUT2D eigenvalue weighted by Crippen LogP contribution is -2.69. The molecular weight excluding hydrogens is 420 g/mol. The van der Waals surface area contributed by atoms with E-state index in [0.29, 0.717) is 0 Å². The molecule has 0 aromatic rings. The average Bonchev–Trinajstić information content (AvgIpc) is 3.06. The quantitative estimate of drug-likeness (QED) is 0.308. The number of carbonyl (C=O) groups is 4. The Kier molecular flexibility index (Phi) is 4.65. The van der Waals surface area contributed by atoms with Crippen LogP contribution in [0.1, 0.15) is 27.7 Å². The van der Waals surface area contributed by atoms with E-state index >= 15 is 0 Å². The third kappa shape index (κ3) is 2.87. The van der Waals surface area contributed by atoms with Crippen LogP contribution in [0, 0.1) is 0 Å². The zero-order valence-corrected chi connectivity index (χ0v) is 18.1. The van der Waals surface area contributed by atoms with Crippen molar-refractivity contribution >= 4 is 47.3 Å². The van der Waals surface area contributed by atoms with Crippen molar-refractivity contribution in [3.05, 3.63) is 0 Å². The van der Waals surface area contributed by atoms with Crippen molar-refractivity contribution in [3.63, 3.8) is 0 Å². The maximum absolute atomic E-state index is 12.6. The van der Waals surface area contributed by atoms with Crippen molar-refractivity contribution in [1.82, 2.24) is 9.80 Å². The number of hydrogen-bond acceptors (Lipinski definition) is 10. The molecule has 4 heterocycles. The first-order chi connectivity index (χ1) is 13.4. The Morgan fingerprint density at radius 2 is 1.21 bits per heavy atom. The Hall–Kier alpha value is -1.50. The van der Waals surface area contributed by atoms with Gasteiger partial charge >= 0.3 is 11.9 Å². The minimum Gasteiger partial charge on any atom is -0.426 e. The summed E-state index contributed by atoms with van der Waals surface area (Å²) in [5.41, 5.74) is 11.6. The van der Waals surface area contributed by atoms with Crippen LogP contribution >= 0.6 is 23.5 Å². The number of carbonyl (C=O) groups excluding carboxylic acids is 4. The fourth-order valence-corrected chi connectivity index (χ4v) is 7.48. The number of amides is 2. The zero-order chi connectivity index (χ0) is 21.5. The molecule has 0 radical (unpaired) electrons. The highest BCUT2D eigenvalue weighted by Crippen LogP contribution is 2.51. The molecule has 6 atom stereocenters. The lowest BCUT2D eigenvalue weighted by Gasteiger charge is -2.42. The molecule has 0 saturated carbocycles. The standard InChI is InChI=1S/C17H24N4O6S2/c1-16(2)8(20-10(22)6(18)12(20)28-16)14(24)26-5-27-15(25)9-17(3,4)29-13-7(19)11(23)21(9)13/h6-9,12-13H,5,18-19H2,1-4H3/t6-,7-,8+,9+,12-,13-/m1/s1. The van der Waals surface area contributed by atoms with Crippen molar-refractivity contribution in [2.24, 2.45) is 11.5 Å². The van der Waals surface area contributed by atoms with Gasteiger partial charge in [0, 0.05) is 9.49 Å². The average molecular weight is 445 g/mol. The zero-order valence-electron chi connectivity index (χ0n) is 16.5. The molecule has 4 fully saturated rings. The van der Waals surface area contributed by atoms with Gasteiger partial charge in [0.1, 0.15) is 34.9 Å². The van der Waals surface area contributed by atoms with Crippen LogP contribution in [0.3, 0.4) is 0 Å². The van der Waals surface area contributed by atoms with Crippen molar-refractivity contribution in [2.45, 2.75) is 72.1 Å². The molecule has 12 heteroatoms. The van der Waals surface area contributed by atoms with Crippen molar-refractivity contribution in [3.8, 4) is 0 Å². The van der Waals surface area contributed by atoms with Crippen LogP contribution in [-0.2, 0) is 28.7 Å². The predicted molar refractivity (Wildman–Crippen MR) is 105 cm³/mol. The van der Waals surface area contributed by atoms with Crippen LogP contribution < -0.4 is 11.5 Å². The number of nitrogens with zero attached hydrogens (tertiary/aromatic N) is 2. The van der Waals surface area contributed by atoms with Gasteiger partial charge in [-0.2, -0.15) is 0 Å². The van der Waals surface area contributed by atoms with Crippen molar-refractivity contribution in [2.75, 3.05) is 6.79 Å². The Morgan fingerprint density at radius 3 is 1.55 bits per heavy atom. The lowest BCUT2D eigenvalue weighted by molar-refractivity contribution is -0.181. The van der Waals surface area contributed by atoms with Gasteiger partial charge < -0.3 is 30.7 Å². The van der Waals surface area contributed by atoms with E-state index in [1.165, 1.54) is 33.3 Å². The second-order valence-electron chi connectivity index (χ2n) is 8.62. The molecular formula is C17H24N4O6S2. The molecule has 0 spiro atoms. The second-order valence-corrected chi connectivity index (χ2v) is 12.2. The first-order valence-electron chi connectivity index (χ1n) is 9.23. The highest BCUT2D eigenvalue weighted by Gasteiger charge is 2.64. The molecule has 0 aliphatic carbocycles. The summed E-state index contributed by atoms with van der Waals surface area (Å²) in [6, 6.07) is -2.85. The summed E-state index contributed by atoms with van der Waals surface area (Å²) in [7, 11) is 0. The molecule has 2 amide bonds. The van der Waals surface area contributed by atoms with Gasteiger partial charge in [0.15, 0.2) is 0 Å². The molecule has 0 aromatic heterocycles. The fraction of sp³-hybridized carbons (Fsp3) is 0.765. The first kappa shape index (κ1) is 20.8. The van der Waals surface area contributed by atoms with Crippen LogP contribution in [0.5, 0.6) is 0 Å². The third-order valence-corrected chi connectivity index (χ3v) is 9.00. The molecule has 4 N–H and O–H groups in total. The molecule has 4 saturated heterocycles. The molecule has 10 nitrogen and oxygen atoms in total. The van der Waals surface area contributed by atoms with Crippen LogP contribution in [0.4, 0.5) is 0 Å². The molecule has 29 heavy (non-hydrogen) atoms. The number of ether oxygens (including phenoxy) is 2. The van der Waals surface area contributed by atoms with E-state index in [2.05, 4.69) is 0 Å². The maximum atomic E-state index is 12.6. The normalized spacial score (nSPS) is 38.7. The monoisotopic (exact) mass is 444 g/mol. The van der Waals surface area contributed by atoms with E-state index in [1.54, 1.807) is 0 Å². The highest BCUT2D eigenvalue weighted by molar-refractivity contribution is 8.02. The number of hydrogen-bond donors (Lipinski definition) is 2. The lowest BCUT2D eigenvalue weighted by atomic mass is 9.96. The molecule has 0 bridgehead atoms. The Balaban J connectivity index is 1.36. The summed E-state index contributed by atoms with van der Waals surface area (Å²) >= 11 is 2.89. The molecule has 0 unspecified atom stereocenters. The van der Waals surface area contributed by atoms with E-state index in [0.717, 1.165) is 0 Å². The van der Waals surface area contributed by atoms with E-state index in [1.807, 2.05) is 27.7 Å². The van der Waals surface area contributed by atoms with Gasteiger partial charge in [0.25, 0.3) is 0 Å². The van der Waals surface area contributed by atoms with Gasteiger partial charge in [-0.15, -0.1) is 23.5 Å². The Morgan fingerprint density at radius 1 is 0.862 bits per heavy atom. The number of esters is 2. The van der Waals surface area contributed by atoms with Crippen LogP contribution in [0.15, 0.2) is 0 Å². The van der Waals surface area contributed by atoms with E-state index < -0.39 is 52.4 Å². The number of thioether (sulfide) groups is 2. The molecule has 4 aliphatic rings. The van der Waals surface area contributed by atoms with E-state index in [9.17, 15) is 19.2 Å². The summed E-state index contributed by atoms with van der Waals surface area (Å²) in [5, 5.41) is -0.514. The number of nitrogens with two attached hydrogens (primary N) is 2. The number of fused-ring (bicyclic) bond motifs is 2. The summed E-state index contributed by atoms with van der Waals surface area (Å²) in [4.78, 5) is 52.2. The number of β-lactam (4-membered cyclic amide) rings is 2. The smallest absolute Gasteiger partial charge is 0.333 e. The Bertz CT molecular complexity index is 741. The summed E-state index contributed by atoms with van der Waals surface area (Å²) < 4.78 is 9.17. The predicted octanol–water partition coefficient (Wildman–Crippen LogP) is -1.19. The van der Waals surface area contributed by atoms with Crippen LogP contribution in [-0.4, -0.2) is 84.8 Å². The largest absolute Gasteiger partial charge is 0.426 e. The highest BCUT2D eigenvalue weighted by atomic mass is 32.2. The van der Waals surface area contributed by atoms with Gasteiger partial charge in [0.05, 0.1) is 0 Å². The fourth-order valence-electron chi connectivity index (χ4n) is 4.35. The summed E-state index contributed by atoms with van der Waals surface area (Å²) in [6.07, 6.45) is 0. The van der Waals surface area contributed by atoms with Gasteiger partial charge in [-0.3, -0.25) is 9.59 Å². The van der Waals surface area contributed by atoms with Crippen LogP contribution in [0.25, 0.3) is 0 Å². The van der Waals surface area contributed by atoms with E-state index in [-0.39, 0.29) is 22.6 Å². The van der Waals surface area contributed by atoms with E-state index in [4.69, 9.17) is 20.9 Å². The topological polar surface area (TPSA) is 145 Å². The van der Waals surface area contributed by atoms with Crippen LogP contribution in [0.2, 0.25) is 0 Å². The summed E-state index contributed by atoms with van der Waals surface area (Å²) in [5.74, 6) is -1.90. The second kappa shape index (κ2) is 6.50. The minimum absolute atomic E-state index is 0.257. The SMILES string of the molecule is CC1(C)S[C@@H]2[C@H](N)C(=O)N2[C@H]1C(=O)OCOC(=O)[C@@H]1N2C(=O)[C@@H](N)[C@H]2SC1(C)C. The molecule has 160 valence electrons.